The van der Waals surface area contributed by atoms with Gasteiger partial charge in [-0.25, -0.2) is 0 Å². The van der Waals surface area contributed by atoms with E-state index in [2.05, 4.69) is 32.4 Å². The molecule has 0 bridgehead atoms. The van der Waals surface area contributed by atoms with Gasteiger partial charge in [0.1, 0.15) is 5.75 Å². The van der Waals surface area contributed by atoms with Crippen molar-refractivity contribution < 1.29 is 4.74 Å². The van der Waals surface area contributed by atoms with Crippen LogP contribution in [0.4, 0.5) is 0 Å². The zero-order valence-electron chi connectivity index (χ0n) is 15.4. The summed E-state index contributed by atoms with van der Waals surface area (Å²) < 4.78 is 7.41. The molecule has 0 fully saturated rings. The quantitative estimate of drug-likeness (QED) is 0.395. The molecular formula is C18H28IN5O. The van der Waals surface area contributed by atoms with Crippen molar-refractivity contribution in [3.05, 3.63) is 47.8 Å². The molecule has 0 aliphatic rings. The predicted molar refractivity (Wildman–Crippen MR) is 113 cm³/mol. The minimum atomic E-state index is 0. The van der Waals surface area contributed by atoms with Crippen LogP contribution >= 0.6 is 24.0 Å². The summed E-state index contributed by atoms with van der Waals surface area (Å²) in [5.41, 5.74) is 2.39. The largest absolute Gasteiger partial charge is 0.494 e. The van der Waals surface area contributed by atoms with E-state index >= 15 is 0 Å². The lowest BCUT2D eigenvalue weighted by atomic mass is 10.2. The minimum absolute atomic E-state index is 0. The second-order valence-corrected chi connectivity index (χ2v) is 5.69. The van der Waals surface area contributed by atoms with E-state index in [1.165, 1.54) is 11.1 Å². The molecule has 1 aromatic heterocycles. The Balaban J connectivity index is 0.00000312. The van der Waals surface area contributed by atoms with Crippen molar-refractivity contribution in [3.63, 3.8) is 0 Å². The van der Waals surface area contributed by atoms with Crippen molar-refractivity contribution in [3.8, 4) is 5.75 Å². The molecule has 1 heterocycles. The van der Waals surface area contributed by atoms with Gasteiger partial charge in [0.15, 0.2) is 5.96 Å². The van der Waals surface area contributed by atoms with Crippen molar-refractivity contribution in [2.75, 3.05) is 27.2 Å². The maximum absolute atomic E-state index is 5.47. The van der Waals surface area contributed by atoms with E-state index in [-0.39, 0.29) is 24.0 Å². The number of aromatic nitrogens is 2. The molecular weight excluding hydrogens is 429 g/mol. The lowest BCUT2D eigenvalue weighted by Gasteiger charge is -2.22. The Labute approximate surface area is 167 Å². The molecule has 0 aliphatic heterocycles. The Kier molecular flexibility index (Phi) is 9.33. The smallest absolute Gasteiger partial charge is 0.193 e. The molecule has 138 valence electrons. The highest BCUT2D eigenvalue weighted by atomic mass is 127. The van der Waals surface area contributed by atoms with Crippen molar-refractivity contribution in [2.24, 2.45) is 4.99 Å². The molecule has 0 spiro atoms. The first-order valence-electron chi connectivity index (χ1n) is 8.25. The number of aliphatic imine (C=N–C) groups is 1. The number of guanidine groups is 1. The van der Waals surface area contributed by atoms with Gasteiger partial charge < -0.3 is 15.0 Å². The molecule has 25 heavy (non-hydrogen) atoms. The van der Waals surface area contributed by atoms with E-state index in [1.54, 1.807) is 7.05 Å². The molecule has 1 aromatic carbocycles. The standard InChI is InChI=1S/C18H27N5O.HI/c1-5-24-17-8-6-16(7-9-17)14-22(4)18(19-3)20-10-11-23-13-15(2)12-21-23;/h6-9,12-13H,5,10-11,14H2,1-4H3,(H,19,20);1H. The summed E-state index contributed by atoms with van der Waals surface area (Å²) in [6.07, 6.45) is 3.90. The van der Waals surface area contributed by atoms with Gasteiger partial charge in [0.2, 0.25) is 0 Å². The SMILES string of the molecule is CCOc1ccc(CN(C)C(=NC)NCCn2cc(C)cn2)cc1.I. The lowest BCUT2D eigenvalue weighted by molar-refractivity contribution is 0.340. The molecule has 0 atom stereocenters. The highest BCUT2D eigenvalue weighted by Gasteiger charge is 2.06. The van der Waals surface area contributed by atoms with E-state index in [1.807, 2.05) is 50.1 Å². The van der Waals surface area contributed by atoms with E-state index in [9.17, 15) is 0 Å². The fraction of sp³-hybridized carbons (Fsp3) is 0.444. The van der Waals surface area contributed by atoms with Crippen LogP contribution in [0.1, 0.15) is 18.1 Å². The van der Waals surface area contributed by atoms with Gasteiger partial charge in [0.05, 0.1) is 19.3 Å². The molecule has 2 aromatic rings. The average molecular weight is 457 g/mol. The lowest BCUT2D eigenvalue weighted by Crippen LogP contribution is -2.39. The van der Waals surface area contributed by atoms with Crippen LogP contribution in [0, 0.1) is 6.92 Å². The van der Waals surface area contributed by atoms with Crippen LogP contribution in [0.15, 0.2) is 41.7 Å². The number of nitrogens with zero attached hydrogens (tertiary/aromatic N) is 4. The number of halogens is 1. The molecule has 7 heteroatoms. The molecule has 6 nitrogen and oxygen atoms in total. The van der Waals surface area contributed by atoms with Crippen LogP contribution in [0.2, 0.25) is 0 Å². The zero-order valence-corrected chi connectivity index (χ0v) is 17.7. The summed E-state index contributed by atoms with van der Waals surface area (Å²) in [7, 11) is 3.83. The number of benzene rings is 1. The Morgan fingerprint density at radius 1 is 1.32 bits per heavy atom. The van der Waals surface area contributed by atoms with E-state index in [4.69, 9.17) is 4.74 Å². The fourth-order valence-corrected chi connectivity index (χ4v) is 2.46. The first-order chi connectivity index (χ1) is 11.6. The van der Waals surface area contributed by atoms with Crippen LogP contribution < -0.4 is 10.1 Å². The first kappa shape index (κ1) is 21.3. The zero-order chi connectivity index (χ0) is 17.4. The van der Waals surface area contributed by atoms with Gasteiger partial charge in [0.25, 0.3) is 0 Å². The second kappa shape index (κ2) is 11.0. The maximum atomic E-state index is 5.47. The van der Waals surface area contributed by atoms with Gasteiger partial charge in [-0.1, -0.05) is 12.1 Å². The Morgan fingerprint density at radius 3 is 2.60 bits per heavy atom. The topological polar surface area (TPSA) is 54.7 Å². The molecule has 0 saturated carbocycles. The molecule has 0 aliphatic carbocycles. The van der Waals surface area contributed by atoms with Crippen molar-refractivity contribution in [1.29, 1.82) is 0 Å². The van der Waals surface area contributed by atoms with E-state index in [0.29, 0.717) is 6.61 Å². The van der Waals surface area contributed by atoms with Gasteiger partial charge in [-0.3, -0.25) is 9.67 Å². The van der Waals surface area contributed by atoms with Crippen LogP contribution in [-0.4, -0.2) is 47.9 Å². The number of aryl methyl sites for hydroxylation is 1. The third-order valence-electron chi connectivity index (χ3n) is 3.61. The average Bonchev–Trinajstić information content (AvgIpc) is 2.99. The number of hydrogen-bond acceptors (Lipinski definition) is 3. The fourth-order valence-electron chi connectivity index (χ4n) is 2.46. The van der Waals surface area contributed by atoms with E-state index in [0.717, 1.165) is 31.3 Å². The third-order valence-corrected chi connectivity index (χ3v) is 3.61. The Morgan fingerprint density at radius 2 is 2.04 bits per heavy atom. The summed E-state index contributed by atoms with van der Waals surface area (Å²) in [5, 5.41) is 7.65. The van der Waals surface area contributed by atoms with Gasteiger partial charge in [0, 0.05) is 33.4 Å². The van der Waals surface area contributed by atoms with Gasteiger partial charge >= 0.3 is 0 Å². The van der Waals surface area contributed by atoms with Gasteiger partial charge in [-0.15, -0.1) is 24.0 Å². The van der Waals surface area contributed by atoms with Crippen molar-refractivity contribution >= 4 is 29.9 Å². The second-order valence-electron chi connectivity index (χ2n) is 5.69. The predicted octanol–water partition coefficient (Wildman–Crippen LogP) is 2.92. The molecule has 0 radical (unpaired) electrons. The summed E-state index contributed by atoms with van der Waals surface area (Å²) in [5.74, 6) is 1.77. The number of rotatable bonds is 7. The number of hydrogen-bond donors (Lipinski definition) is 1. The first-order valence-corrected chi connectivity index (χ1v) is 8.25. The summed E-state index contributed by atoms with van der Waals surface area (Å²) in [4.78, 5) is 6.45. The normalized spacial score (nSPS) is 11.0. The van der Waals surface area contributed by atoms with Gasteiger partial charge in [-0.05, 0) is 37.1 Å². The van der Waals surface area contributed by atoms with Crippen LogP contribution in [0.25, 0.3) is 0 Å². The number of nitrogens with one attached hydrogen (secondary N) is 1. The summed E-state index contributed by atoms with van der Waals surface area (Å²) >= 11 is 0. The number of ether oxygens (including phenoxy) is 1. The summed E-state index contributed by atoms with van der Waals surface area (Å²) in [6.45, 7) is 7.09. The molecule has 1 N–H and O–H groups in total. The van der Waals surface area contributed by atoms with Crippen LogP contribution in [-0.2, 0) is 13.1 Å². The van der Waals surface area contributed by atoms with Gasteiger partial charge in [-0.2, -0.15) is 5.10 Å². The van der Waals surface area contributed by atoms with Crippen LogP contribution in [0.5, 0.6) is 5.75 Å². The molecule has 0 amide bonds. The van der Waals surface area contributed by atoms with E-state index < -0.39 is 0 Å². The Hall–Kier alpha value is -1.77. The maximum Gasteiger partial charge on any atom is 0.193 e. The molecule has 0 saturated heterocycles. The Bertz CT molecular complexity index is 654. The third kappa shape index (κ3) is 6.93. The van der Waals surface area contributed by atoms with Crippen LogP contribution in [0.3, 0.4) is 0 Å². The van der Waals surface area contributed by atoms with Crippen molar-refractivity contribution in [2.45, 2.75) is 26.9 Å². The molecule has 2 rings (SSSR count). The molecule has 0 unspecified atom stereocenters. The highest BCUT2D eigenvalue weighted by molar-refractivity contribution is 14.0. The highest BCUT2D eigenvalue weighted by Crippen LogP contribution is 2.13. The van der Waals surface area contributed by atoms with Crippen molar-refractivity contribution in [1.82, 2.24) is 20.0 Å². The minimum Gasteiger partial charge on any atom is -0.494 e. The monoisotopic (exact) mass is 457 g/mol. The summed E-state index contributed by atoms with van der Waals surface area (Å²) in [6, 6.07) is 8.18.